The molecule has 0 radical (unpaired) electrons. The smallest absolute Gasteiger partial charge is 0.338 e. The Morgan fingerprint density at radius 2 is 1.95 bits per heavy atom. The van der Waals surface area contributed by atoms with Crippen LogP contribution in [0.15, 0.2) is 36.7 Å². The number of carbonyl (C=O) groups is 1. The average molecular weight is 255 g/mol. The van der Waals surface area contributed by atoms with Crippen LogP contribution >= 0.6 is 0 Å². The number of para-hydroxylation sites is 1. The van der Waals surface area contributed by atoms with E-state index in [-0.39, 0.29) is 5.56 Å². The summed E-state index contributed by atoms with van der Waals surface area (Å²) in [5.74, 6) is -0.456. The molecule has 1 N–H and O–H groups in total. The molecular weight excluding hydrogens is 242 g/mol. The lowest BCUT2D eigenvalue weighted by Gasteiger charge is -2.29. The molecule has 19 heavy (non-hydrogen) atoms. The predicted molar refractivity (Wildman–Crippen MR) is 70.8 cm³/mol. The third-order valence-corrected chi connectivity index (χ3v) is 3.24. The number of aromatic carboxylic acids is 1. The van der Waals surface area contributed by atoms with Gasteiger partial charge in [-0.1, -0.05) is 18.2 Å². The number of benzene rings is 1. The minimum atomic E-state index is -1.01. The van der Waals surface area contributed by atoms with Gasteiger partial charge in [-0.05, 0) is 24.5 Å². The van der Waals surface area contributed by atoms with E-state index < -0.39 is 5.97 Å². The highest BCUT2D eigenvalue weighted by Gasteiger charge is 2.19. The second-order valence-electron chi connectivity index (χ2n) is 4.46. The van der Waals surface area contributed by atoms with Crippen LogP contribution in [0.5, 0.6) is 0 Å². The molecule has 0 atom stereocenters. The summed E-state index contributed by atoms with van der Waals surface area (Å²) in [5, 5.41) is 8.85. The van der Waals surface area contributed by atoms with Crippen LogP contribution in [0.1, 0.15) is 22.3 Å². The first-order chi connectivity index (χ1) is 9.25. The van der Waals surface area contributed by atoms with E-state index in [1.54, 1.807) is 0 Å². The van der Waals surface area contributed by atoms with Crippen molar-refractivity contribution in [2.45, 2.75) is 12.8 Å². The van der Waals surface area contributed by atoms with Crippen LogP contribution in [-0.4, -0.2) is 27.6 Å². The quantitative estimate of drug-likeness (QED) is 0.891. The van der Waals surface area contributed by atoms with Crippen molar-refractivity contribution in [3.05, 3.63) is 47.8 Å². The zero-order valence-electron chi connectivity index (χ0n) is 10.3. The van der Waals surface area contributed by atoms with Crippen molar-refractivity contribution in [3.8, 4) is 0 Å². The molecule has 1 aromatic carbocycles. The fourth-order valence-electron chi connectivity index (χ4n) is 2.31. The molecule has 0 amide bonds. The zero-order valence-corrected chi connectivity index (χ0v) is 10.3. The van der Waals surface area contributed by atoms with Gasteiger partial charge in [-0.2, -0.15) is 0 Å². The summed E-state index contributed by atoms with van der Waals surface area (Å²) >= 11 is 0. The molecule has 2 heterocycles. The van der Waals surface area contributed by atoms with Crippen LogP contribution in [0.4, 0.5) is 11.6 Å². The van der Waals surface area contributed by atoms with Gasteiger partial charge >= 0.3 is 5.97 Å². The monoisotopic (exact) mass is 255 g/mol. The van der Waals surface area contributed by atoms with Crippen LogP contribution in [0.3, 0.4) is 0 Å². The predicted octanol–water partition coefficient (Wildman–Crippen LogP) is 2.26. The van der Waals surface area contributed by atoms with Crippen molar-refractivity contribution >= 4 is 17.6 Å². The van der Waals surface area contributed by atoms with Crippen LogP contribution in [0, 0.1) is 0 Å². The summed E-state index contributed by atoms with van der Waals surface area (Å²) in [4.78, 5) is 21.1. The van der Waals surface area contributed by atoms with Gasteiger partial charge < -0.3 is 10.0 Å². The molecule has 96 valence electrons. The molecule has 0 aliphatic carbocycles. The maximum atomic E-state index is 10.8. The van der Waals surface area contributed by atoms with E-state index in [1.165, 1.54) is 18.0 Å². The number of rotatable bonds is 2. The highest BCUT2D eigenvalue weighted by molar-refractivity contribution is 5.86. The molecule has 0 fully saturated rings. The number of aromatic nitrogens is 2. The topological polar surface area (TPSA) is 66.3 Å². The van der Waals surface area contributed by atoms with E-state index in [0.717, 1.165) is 25.1 Å². The molecule has 0 saturated carbocycles. The van der Waals surface area contributed by atoms with Crippen LogP contribution in [-0.2, 0) is 6.42 Å². The Balaban J connectivity index is 1.97. The normalized spacial score (nSPS) is 14.0. The van der Waals surface area contributed by atoms with Gasteiger partial charge in [0.1, 0.15) is 0 Å². The van der Waals surface area contributed by atoms with E-state index in [9.17, 15) is 4.79 Å². The van der Waals surface area contributed by atoms with E-state index in [0.29, 0.717) is 5.95 Å². The zero-order chi connectivity index (χ0) is 13.2. The minimum Gasteiger partial charge on any atom is -0.478 e. The Bertz CT molecular complexity index is 610. The highest BCUT2D eigenvalue weighted by atomic mass is 16.4. The van der Waals surface area contributed by atoms with Crippen molar-refractivity contribution in [1.82, 2.24) is 9.97 Å². The summed E-state index contributed by atoms with van der Waals surface area (Å²) in [6, 6.07) is 8.16. The van der Waals surface area contributed by atoms with Crippen molar-refractivity contribution in [2.75, 3.05) is 11.4 Å². The summed E-state index contributed by atoms with van der Waals surface area (Å²) in [5.41, 5.74) is 2.49. The maximum Gasteiger partial charge on any atom is 0.338 e. The first-order valence-corrected chi connectivity index (χ1v) is 6.16. The third-order valence-electron chi connectivity index (χ3n) is 3.24. The number of hydrogen-bond acceptors (Lipinski definition) is 4. The largest absolute Gasteiger partial charge is 0.478 e. The SMILES string of the molecule is O=C(O)c1cnc(N2CCCc3ccccc32)nc1. The lowest BCUT2D eigenvalue weighted by atomic mass is 10.0. The molecule has 0 bridgehead atoms. The molecule has 1 aliphatic rings. The van der Waals surface area contributed by atoms with Gasteiger partial charge in [-0.3, -0.25) is 0 Å². The molecule has 0 unspecified atom stereocenters. The lowest BCUT2D eigenvalue weighted by Crippen LogP contribution is -2.26. The highest BCUT2D eigenvalue weighted by Crippen LogP contribution is 2.30. The van der Waals surface area contributed by atoms with E-state index in [4.69, 9.17) is 5.11 Å². The Hall–Kier alpha value is -2.43. The van der Waals surface area contributed by atoms with E-state index in [1.807, 2.05) is 23.1 Å². The molecule has 0 saturated heterocycles. The Morgan fingerprint density at radius 3 is 2.68 bits per heavy atom. The van der Waals surface area contributed by atoms with Crippen molar-refractivity contribution in [2.24, 2.45) is 0 Å². The number of nitrogens with zero attached hydrogens (tertiary/aromatic N) is 3. The van der Waals surface area contributed by atoms with Gasteiger partial charge in [-0.25, -0.2) is 14.8 Å². The number of anilines is 2. The van der Waals surface area contributed by atoms with Crippen LogP contribution in [0.2, 0.25) is 0 Å². The summed E-state index contributed by atoms with van der Waals surface area (Å²) in [6.45, 7) is 0.851. The fourth-order valence-corrected chi connectivity index (χ4v) is 2.31. The maximum absolute atomic E-state index is 10.8. The standard InChI is InChI=1S/C14H13N3O2/c18-13(19)11-8-15-14(16-9-11)17-7-3-5-10-4-1-2-6-12(10)17/h1-2,4,6,8-9H,3,5,7H2,(H,18,19). The first-order valence-electron chi connectivity index (χ1n) is 6.16. The second-order valence-corrected chi connectivity index (χ2v) is 4.46. The van der Waals surface area contributed by atoms with Gasteiger partial charge in [-0.15, -0.1) is 0 Å². The molecule has 0 spiro atoms. The average Bonchev–Trinajstić information content (AvgIpc) is 2.47. The minimum absolute atomic E-state index is 0.106. The Kier molecular flexibility index (Phi) is 2.87. The molecular formula is C14H13N3O2. The summed E-state index contributed by atoms with van der Waals surface area (Å²) in [7, 11) is 0. The number of carboxylic acid groups (broad SMARTS) is 1. The molecule has 2 aromatic rings. The molecule has 5 nitrogen and oxygen atoms in total. The Morgan fingerprint density at radius 1 is 1.21 bits per heavy atom. The van der Waals surface area contributed by atoms with Crippen LogP contribution < -0.4 is 4.90 Å². The number of hydrogen-bond donors (Lipinski definition) is 1. The van der Waals surface area contributed by atoms with Crippen molar-refractivity contribution < 1.29 is 9.90 Å². The van der Waals surface area contributed by atoms with Gasteiger partial charge in [0.05, 0.1) is 5.56 Å². The van der Waals surface area contributed by atoms with Gasteiger partial charge in [0.25, 0.3) is 0 Å². The summed E-state index contributed by atoms with van der Waals surface area (Å²) < 4.78 is 0. The molecule has 1 aromatic heterocycles. The second kappa shape index (κ2) is 4.68. The fraction of sp³-hybridized carbons (Fsp3) is 0.214. The van der Waals surface area contributed by atoms with Gasteiger partial charge in [0.2, 0.25) is 5.95 Å². The van der Waals surface area contributed by atoms with Gasteiger partial charge in [0, 0.05) is 24.6 Å². The molecule has 1 aliphatic heterocycles. The number of fused-ring (bicyclic) bond motifs is 1. The van der Waals surface area contributed by atoms with E-state index >= 15 is 0 Å². The number of carboxylic acids is 1. The van der Waals surface area contributed by atoms with Gasteiger partial charge in [0.15, 0.2) is 0 Å². The van der Waals surface area contributed by atoms with Crippen molar-refractivity contribution in [3.63, 3.8) is 0 Å². The Labute approximate surface area is 110 Å². The molecule has 3 rings (SSSR count). The number of aryl methyl sites for hydroxylation is 1. The lowest BCUT2D eigenvalue weighted by molar-refractivity contribution is 0.0696. The summed E-state index contributed by atoms with van der Waals surface area (Å²) in [6.07, 6.45) is 4.80. The molecule has 5 heteroatoms. The third kappa shape index (κ3) is 2.14. The van der Waals surface area contributed by atoms with E-state index in [2.05, 4.69) is 16.0 Å². The first kappa shape index (κ1) is 11.6. The van der Waals surface area contributed by atoms with Crippen molar-refractivity contribution in [1.29, 1.82) is 0 Å². The van der Waals surface area contributed by atoms with Crippen LogP contribution in [0.25, 0.3) is 0 Å².